The topological polar surface area (TPSA) is 169 Å². The second-order valence-corrected chi connectivity index (χ2v) is 8.54. The van der Waals surface area contributed by atoms with E-state index in [9.17, 15) is 29.1 Å². The van der Waals surface area contributed by atoms with Gasteiger partial charge in [0.05, 0.1) is 39.0 Å². The molecule has 2 rings (SSSR count). The van der Waals surface area contributed by atoms with E-state index in [4.69, 9.17) is 14.2 Å². The van der Waals surface area contributed by atoms with Crippen LogP contribution in [0.5, 0.6) is 11.5 Å². The largest absolute Gasteiger partial charge is 0.504 e. The molecule has 0 aromatic heterocycles. The van der Waals surface area contributed by atoms with Gasteiger partial charge >= 0.3 is 11.9 Å². The molecule has 0 radical (unpaired) electrons. The fourth-order valence-electron chi connectivity index (χ4n) is 3.35. The van der Waals surface area contributed by atoms with E-state index in [0.29, 0.717) is 5.56 Å². The number of ether oxygens (including phenoxy) is 3. The van der Waals surface area contributed by atoms with Crippen molar-refractivity contribution in [1.82, 2.24) is 10.6 Å². The predicted octanol–water partition coefficient (Wildman–Crippen LogP) is 1.88. The molecule has 0 heterocycles. The van der Waals surface area contributed by atoms with Gasteiger partial charge in [0, 0.05) is 11.8 Å². The zero-order valence-electron chi connectivity index (χ0n) is 22.2. The summed E-state index contributed by atoms with van der Waals surface area (Å²) in [5.41, 5.74) is 0.740. The normalized spacial score (nSPS) is 11.4. The first-order valence-electron chi connectivity index (χ1n) is 11.7. The number of hydrogen-bond donors (Lipinski definition) is 4. The SMILES string of the molecule is COC(=O)c1cc(NC(=O)[C@@H](NC(=O)CNC(=O)/C=C/c2ccc(O)c(OC)c2)C(C)C)cc(C(=O)OC)c1. The molecule has 4 N–H and O–H groups in total. The van der Waals surface area contributed by atoms with Gasteiger partial charge in [-0.25, -0.2) is 9.59 Å². The summed E-state index contributed by atoms with van der Waals surface area (Å²) in [7, 11) is 3.75. The number of methoxy groups -OCH3 is 3. The third-order valence-electron chi connectivity index (χ3n) is 5.36. The maximum absolute atomic E-state index is 13.0. The van der Waals surface area contributed by atoms with Crippen molar-refractivity contribution in [3.8, 4) is 11.5 Å². The van der Waals surface area contributed by atoms with Gasteiger partial charge in [0.25, 0.3) is 0 Å². The maximum atomic E-state index is 13.0. The van der Waals surface area contributed by atoms with Crippen LogP contribution in [0.2, 0.25) is 0 Å². The zero-order valence-corrected chi connectivity index (χ0v) is 22.2. The first-order valence-corrected chi connectivity index (χ1v) is 11.7. The van der Waals surface area contributed by atoms with E-state index in [-0.39, 0.29) is 34.2 Å². The van der Waals surface area contributed by atoms with Crippen molar-refractivity contribution < 1.29 is 43.3 Å². The van der Waals surface area contributed by atoms with Crippen molar-refractivity contribution in [3.05, 3.63) is 59.2 Å². The molecule has 0 unspecified atom stereocenters. The maximum Gasteiger partial charge on any atom is 0.337 e. The summed E-state index contributed by atoms with van der Waals surface area (Å²) in [6, 6.07) is 7.45. The average molecular weight is 542 g/mol. The van der Waals surface area contributed by atoms with Crippen LogP contribution in [0, 0.1) is 5.92 Å². The van der Waals surface area contributed by atoms with Gasteiger partial charge in [0.15, 0.2) is 11.5 Å². The van der Waals surface area contributed by atoms with Crippen molar-refractivity contribution in [2.45, 2.75) is 19.9 Å². The van der Waals surface area contributed by atoms with Crippen LogP contribution in [0.15, 0.2) is 42.5 Å². The highest BCUT2D eigenvalue weighted by Crippen LogP contribution is 2.26. The Morgan fingerprint density at radius 2 is 1.54 bits per heavy atom. The standard InChI is InChI=1S/C27H31N3O9/c1-15(2)24(25(34)29-19-12-17(26(35)38-4)11-18(13-19)27(36)39-5)30-23(33)14-28-22(32)9-7-16-6-8-20(31)21(10-16)37-3/h6-13,15,24,31H,14H2,1-5H3,(H,28,32)(H,29,34)(H,30,33)/b9-7+/t24-/m0/s1. The number of carbonyl (C=O) groups excluding carboxylic acids is 5. The van der Waals surface area contributed by atoms with Crippen molar-refractivity contribution in [2.24, 2.45) is 5.92 Å². The highest BCUT2D eigenvalue weighted by molar-refractivity contribution is 6.02. The highest BCUT2D eigenvalue weighted by Gasteiger charge is 2.25. The molecule has 0 aliphatic rings. The van der Waals surface area contributed by atoms with Gasteiger partial charge in [-0.1, -0.05) is 19.9 Å². The smallest absolute Gasteiger partial charge is 0.337 e. The minimum atomic E-state index is -1.00. The van der Waals surface area contributed by atoms with E-state index in [0.717, 1.165) is 0 Å². The molecule has 0 saturated carbocycles. The molecule has 0 aliphatic carbocycles. The van der Waals surface area contributed by atoms with Gasteiger partial charge in [0.2, 0.25) is 17.7 Å². The Kier molecular flexibility index (Phi) is 11.0. The molecule has 2 aromatic carbocycles. The number of amides is 3. The number of phenols is 1. The molecule has 0 fully saturated rings. The van der Waals surface area contributed by atoms with Crippen LogP contribution in [0.4, 0.5) is 5.69 Å². The fourth-order valence-corrected chi connectivity index (χ4v) is 3.35. The molecule has 12 nitrogen and oxygen atoms in total. The second kappa shape index (κ2) is 14.2. The van der Waals surface area contributed by atoms with Crippen LogP contribution in [0.25, 0.3) is 6.08 Å². The Bertz CT molecular complexity index is 1240. The quantitative estimate of drug-likeness (QED) is 0.245. The number of nitrogens with one attached hydrogen (secondary N) is 3. The third-order valence-corrected chi connectivity index (χ3v) is 5.36. The van der Waals surface area contributed by atoms with E-state index in [1.165, 1.54) is 63.8 Å². The Balaban J connectivity index is 2.04. The van der Waals surface area contributed by atoms with E-state index in [1.807, 2.05) is 0 Å². The summed E-state index contributed by atoms with van der Waals surface area (Å²) in [4.78, 5) is 61.6. The summed E-state index contributed by atoms with van der Waals surface area (Å²) in [5, 5.41) is 17.2. The molecule has 3 amide bonds. The van der Waals surface area contributed by atoms with Gasteiger partial charge < -0.3 is 35.3 Å². The Hall–Kier alpha value is -4.87. The molecule has 39 heavy (non-hydrogen) atoms. The molecule has 0 spiro atoms. The van der Waals surface area contributed by atoms with Crippen LogP contribution in [0.1, 0.15) is 40.1 Å². The van der Waals surface area contributed by atoms with Gasteiger partial charge in [-0.2, -0.15) is 0 Å². The van der Waals surface area contributed by atoms with Gasteiger partial charge in [-0.05, 0) is 47.9 Å². The molecule has 12 heteroatoms. The lowest BCUT2D eigenvalue weighted by atomic mass is 10.0. The Morgan fingerprint density at radius 3 is 2.08 bits per heavy atom. The number of esters is 2. The monoisotopic (exact) mass is 541 g/mol. The summed E-state index contributed by atoms with van der Waals surface area (Å²) < 4.78 is 14.4. The Labute approximate surface area is 225 Å². The van der Waals surface area contributed by atoms with Crippen LogP contribution in [-0.2, 0) is 23.9 Å². The number of rotatable bonds is 11. The fraction of sp³-hybridized carbons (Fsp3) is 0.296. The molecular weight excluding hydrogens is 510 g/mol. The second-order valence-electron chi connectivity index (χ2n) is 8.54. The molecule has 0 aliphatic heterocycles. The van der Waals surface area contributed by atoms with E-state index in [1.54, 1.807) is 19.9 Å². The number of aromatic hydroxyl groups is 1. The lowest BCUT2D eigenvalue weighted by Crippen LogP contribution is -2.49. The molecule has 1 atom stereocenters. The van der Waals surface area contributed by atoms with Crippen LogP contribution in [-0.4, -0.2) is 68.7 Å². The van der Waals surface area contributed by atoms with Crippen LogP contribution < -0.4 is 20.7 Å². The summed E-state index contributed by atoms with van der Waals surface area (Å²) in [6.07, 6.45) is 2.68. The molecule has 2 aromatic rings. The third kappa shape index (κ3) is 8.88. The molecule has 0 saturated heterocycles. The van der Waals surface area contributed by atoms with E-state index >= 15 is 0 Å². The van der Waals surface area contributed by atoms with Gasteiger partial charge in [0.1, 0.15) is 6.04 Å². The minimum Gasteiger partial charge on any atom is -0.504 e. The zero-order chi connectivity index (χ0) is 29.1. The van der Waals surface area contributed by atoms with Crippen LogP contribution >= 0.6 is 0 Å². The summed E-state index contributed by atoms with van der Waals surface area (Å²) in [6.45, 7) is 3.02. The first-order chi connectivity index (χ1) is 18.5. The number of carbonyl (C=O) groups is 5. The van der Waals surface area contributed by atoms with E-state index in [2.05, 4.69) is 16.0 Å². The first kappa shape index (κ1) is 30.4. The number of anilines is 1. The molecule has 208 valence electrons. The summed E-state index contributed by atoms with van der Waals surface area (Å²) >= 11 is 0. The van der Waals surface area contributed by atoms with Crippen molar-refractivity contribution in [2.75, 3.05) is 33.2 Å². The van der Waals surface area contributed by atoms with Crippen LogP contribution in [0.3, 0.4) is 0 Å². The lowest BCUT2D eigenvalue weighted by molar-refractivity contribution is -0.128. The minimum absolute atomic E-state index is 0.0161. The summed E-state index contributed by atoms with van der Waals surface area (Å²) in [5.74, 6) is -3.37. The van der Waals surface area contributed by atoms with Gasteiger partial charge in [-0.15, -0.1) is 0 Å². The van der Waals surface area contributed by atoms with Crippen molar-refractivity contribution in [3.63, 3.8) is 0 Å². The highest BCUT2D eigenvalue weighted by atomic mass is 16.5. The average Bonchev–Trinajstić information content (AvgIpc) is 2.92. The van der Waals surface area contributed by atoms with E-state index < -0.39 is 42.2 Å². The van der Waals surface area contributed by atoms with Gasteiger partial charge in [-0.3, -0.25) is 14.4 Å². The Morgan fingerprint density at radius 1 is 0.923 bits per heavy atom. The molecular formula is C27H31N3O9. The number of hydrogen-bond acceptors (Lipinski definition) is 9. The van der Waals surface area contributed by atoms with Crippen molar-refractivity contribution in [1.29, 1.82) is 0 Å². The lowest BCUT2D eigenvalue weighted by Gasteiger charge is -2.22. The van der Waals surface area contributed by atoms with Crippen molar-refractivity contribution >= 4 is 41.4 Å². The number of benzene rings is 2. The number of phenolic OH excluding ortho intramolecular Hbond substituents is 1. The predicted molar refractivity (Wildman–Crippen MR) is 141 cm³/mol. The molecule has 0 bridgehead atoms.